The molecule has 1 amide bonds. The molecule has 0 radical (unpaired) electrons. The molecule has 1 aliphatic heterocycles. The fraction of sp³-hybridized carbons (Fsp3) is 0.533. The molecular formula is C15H22N2O2. The van der Waals surface area contributed by atoms with Crippen molar-refractivity contribution in [1.82, 2.24) is 0 Å². The monoisotopic (exact) mass is 262 g/mol. The molecule has 0 spiro atoms. The lowest BCUT2D eigenvalue weighted by Crippen LogP contribution is -2.45. The number of nitrogens with one attached hydrogen (secondary N) is 1. The van der Waals surface area contributed by atoms with Crippen LogP contribution in [-0.4, -0.2) is 31.2 Å². The van der Waals surface area contributed by atoms with Gasteiger partial charge in [0.25, 0.3) is 0 Å². The van der Waals surface area contributed by atoms with E-state index in [9.17, 15) is 4.79 Å². The van der Waals surface area contributed by atoms with Crippen LogP contribution in [-0.2, 0) is 9.53 Å². The van der Waals surface area contributed by atoms with Gasteiger partial charge in [0.05, 0.1) is 12.2 Å². The molecule has 0 saturated carbocycles. The van der Waals surface area contributed by atoms with Crippen molar-refractivity contribution in [2.75, 3.05) is 23.3 Å². The molecular weight excluding hydrogens is 240 g/mol. The fourth-order valence-electron chi connectivity index (χ4n) is 2.39. The number of rotatable bonds is 3. The van der Waals surface area contributed by atoms with E-state index in [-0.39, 0.29) is 18.1 Å². The van der Waals surface area contributed by atoms with Crippen LogP contribution in [0.3, 0.4) is 0 Å². The SMILES string of the molecule is CCC(=O)Nc1ccc(N2C[C@@H](C)O[C@@H](C)C2)cc1. The van der Waals surface area contributed by atoms with E-state index in [1.165, 1.54) is 5.69 Å². The van der Waals surface area contributed by atoms with Crippen LogP contribution in [0.2, 0.25) is 0 Å². The molecule has 2 rings (SSSR count). The highest BCUT2D eigenvalue weighted by Gasteiger charge is 2.22. The summed E-state index contributed by atoms with van der Waals surface area (Å²) >= 11 is 0. The lowest BCUT2D eigenvalue weighted by Gasteiger charge is -2.36. The third-order valence-electron chi connectivity index (χ3n) is 3.26. The van der Waals surface area contributed by atoms with Gasteiger partial charge in [-0.3, -0.25) is 4.79 Å². The predicted octanol–water partition coefficient (Wildman–Crippen LogP) is 2.65. The molecule has 1 aromatic rings. The molecule has 2 atom stereocenters. The molecule has 4 nitrogen and oxygen atoms in total. The van der Waals surface area contributed by atoms with Crippen molar-refractivity contribution in [3.05, 3.63) is 24.3 Å². The van der Waals surface area contributed by atoms with E-state index in [1.54, 1.807) is 0 Å². The number of carbonyl (C=O) groups excluding carboxylic acids is 1. The first-order valence-electron chi connectivity index (χ1n) is 6.88. The summed E-state index contributed by atoms with van der Waals surface area (Å²) in [6, 6.07) is 8.01. The Hall–Kier alpha value is -1.55. The van der Waals surface area contributed by atoms with Crippen LogP contribution in [0.15, 0.2) is 24.3 Å². The summed E-state index contributed by atoms with van der Waals surface area (Å²) in [6.07, 6.45) is 1.01. The number of anilines is 2. The molecule has 1 N–H and O–H groups in total. The Kier molecular flexibility index (Phi) is 4.43. The Morgan fingerprint density at radius 2 is 1.84 bits per heavy atom. The van der Waals surface area contributed by atoms with E-state index in [0.717, 1.165) is 18.8 Å². The number of benzene rings is 1. The van der Waals surface area contributed by atoms with Gasteiger partial charge >= 0.3 is 0 Å². The summed E-state index contributed by atoms with van der Waals surface area (Å²) in [7, 11) is 0. The maximum absolute atomic E-state index is 11.3. The summed E-state index contributed by atoms with van der Waals surface area (Å²) in [5.74, 6) is 0.0429. The Morgan fingerprint density at radius 1 is 1.26 bits per heavy atom. The lowest BCUT2D eigenvalue weighted by molar-refractivity contribution is -0.115. The maximum atomic E-state index is 11.3. The highest BCUT2D eigenvalue weighted by Crippen LogP contribution is 2.22. The van der Waals surface area contributed by atoms with Crippen molar-refractivity contribution in [2.45, 2.75) is 39.4 Å². The first-order chi connectivity index (χ1) is 9.08. The van der Waals surface area contributed by atoms with Crippen LogP contribution in [0.5, 0.6) is 0 Å². The molecule has 0 aliphatic carbocycles. The van der Waals surface area contributed by atoms with Crippen LogP contribution >= 0.6 is 0 Å². The molecule has 1 aliphatic rings. The number of morpholine rings is 1. The normalized spacial score (nSPS) is 23.2. The van der Waals surface area contributed by atoms with Crippen molar-refractivity contribution in [3.8, 4) is 0 Å². The fourth-order valence-corrected chi connectivity index (χ4v) is 2.39. The zero-order chi connectivity index (χ0) is 13.8. The van der Waals surface area contributed by atoms with E-state index < -0.39 is 0 Å². The Bertz CT molecular complexity index is 420. The highest BCUT2D eigenvalue weighted by atomic mass is 16.5. The van der Waals surface area contributed by atoms with Gasteiger partial charge in [0.2, 0.25) is 5.91 Å². The number of carbonyl (C=O) groups is 1. The lowest BCUT2D eigenvalue weighted by atomic mass is 10.2. The van der Waals surface area contributed by atoms with Gasteiger partial charge in [0.1, 0.15) is 0 Å². The second-order valence-corrected chi connectivity index (χ2v) is 5.11. The molecule has 4 heteroatoms. The van der Waals surface area contributed by atoms with E-state index in [2.05, 4.69) is 36.2 Å². The third kappa shape index (κ3) is 3.70. The summed E-state index contributed by atoms with van der Waals surface area (Å²) in [5, 5.41) is 2.86. The second-order valence-electron chi connectivity index (χ2n) is 5.11. The van der Waals surface area contributed by atoms with Gasteiger partial charge in [0, 0.05) is 30.9 Å². The van der Waals surface area contributed by atoms with Crippen molar-refractivity contribution in [3.63, 3.8) is 0 Å². The van der Waals surface area contributed by atoms with E-state index >= 15 is 0 Å². The van der Waals surface area contributed by atoms with Crippen molar-refractivity contribution >= 4 is 17.3 Å². The van der Waals surface area contributed by atoms with Gasteiger partial charge in [-0.1, -0.05) is 6.92 Å². The summed E-state index contributed by atoms with van der Waals surface area (Å²) in [6.45, 7) is 7.85. The van der Waals surface area contributed by atoms with Crippen LogP contribution < -0.4 is 10.2 Å². The molecule has 1 saturated heterocycles. The molecule has 0 unspecified atom stereocenters. The molecule has 1 heterocycles. The van der Waals surface area contributed by atoms with Gasteiger partial charge in [0.15, 0.2) is 0 Å². The first kappa shape index (κ1) is 13.9. The molecule has 1 aromatic carbocycles. The minimum Gasteiger partial charge on any atom is -0.372 e. The zero-order valence-electron chi connectivity index (χ0n) is 11.8. The van der Waals surface area contributed by atoms with Gasteiger partial charge in [-0.25, -0.2) is 0 Å². The Balaban J connectivity index is 2.03. The summed E-state index contributed by atoms with van der Waals surface area (Å²) < 4.78 is 5.73. The average molecular weight is 262 g/mol. The zero-order valence-corrected chi connectivity index (χ0v) is 11.8. The number of nitrogens with zero attached hydrogens (tertiary/aromatic N) is 1. The Morgan fingerprint density at radius 3 is 2.37 bits per heavy atom. The quantitative estimate of drug-likeness (QED) is 0.910. The molecule has 19 heavy (non-hydrogen) atoms. The number of ether oxygens (including phenoxy) is 1. The van der Waals surface area contributed by atoms with E-state index in [1.807, 2.05) is 19.1 Å². The topological polar surface area (TPSA) is 41.6 Å². The number of hydrogen-bond acceptors (Lipinski definition) is 3. The van der Waals surface area contributed by atoms with Gasteiger partial charge in [-0.05, 0) is 38.1 Å². The van der Waals surface area contributed by atoms with Crippen LogP contribution in [0.4, 0.5) is 11.4 Å². The largest absolute Gasteiger partial charge is 0.372 e. The second kappa shape index (κ2) is 6.06. The van der Waals surface area contributed by atoms with Crippen molar-refractivity contribution < 1.29 is 9.53 Å². The first-order valence-corrected chi connectivity index (χ1v) is 6.88. The average Bonchev–Trinajstić information content (AvgIpc) is 2.38. The van der Waals surface area contributed by atoms with Crippen LogP contribution in [0, 0.1) is 0 Å². The predicted molar refractivity (Wildman–Crippen MR) is 77.6 cm³/mol. The van der Waals surface area contributed by atoms with Crippen molar-refractivity contribution in [2.24, 2.45) is 0 Å². The maximum Gasteiger partial charge on any atom is 0.224 e. The standard InChI is InChI=1S/C15H22N2O2/c1-4-15(18)16-13-5-7-14(8-6-13)17-9-11(2)19-12(3)10-17/h5-8,11-12H,4,9-10H2,1-3H3,(H,16,18)/t11-,12+. The van der Waals surface area contributed by atoms with Gasteiger partial charge in [-0.15, -0.1) is 0 Å². The minimum absolute atomic E-state index is 0.0429. The van der Waals surface area contributed by atoms with Gasteiger partial charge < -0.3 is 15.0 Å². The van der Waals surface area contributed by atoms with Gasteiger partial charge in [-0.2, -0.15) is 0 Å². The van der Waals surface area contributed by atoms with E-state index in [0.29, 0.717) is 6.42 Å². The summed E-state index contributed by atoms with van der Waals surface area (Å²) in [4.78, 5) is 13.6. The third-order valence-corrected chi connectivity index (χ3v) is 3.26. The number of amides is 1. The Labute approximate surface area is 114 Å². The minimum atomic E-state index is 0.0429. The summed E-state index contributed by atoms with van der Waals surface area (Å²) in [5.41, 5.74) is 2.03. The molecule has 104 valence electrons. The molecule has 1 fully saturated rings. The van der Waals surface area contributed by atoms with Crippen molar-refractivity contribution in [1.29, 1.82) is 0 Å². The number of hydrogen-bond donors (Lipinski definition) is 1. The van der Waals surface area contributed by atoms with Crippen LogP contribution in [0.25, 0.3) is 0 Å². The molecule has 0 bridgehead atoms. The molecule has 0 aromatic heterocycles. The smallest absolute Gasteiger partial charge is 0.224 e. The van der Waals surface area contributed by atoms with Crippen LogP contribution in [0.1, 0.15) is 27.2 Å². The highest BCUT2D eigenvalue weighted by molar-refractivity contribution is 5.90. The van der Waals surface area contributed by atoms with E-state index in [4.69, 9.17) is 4.74 Å².